The van der Waals surface area contributed by atoms with E-state index in [9.17, 15) is 15.0 Å². The lowest BCUT2D eigenvalue weighted by atomic mass is 10.1. The molecule has 0 saturated heterocycles. The first-order valence-corrected chi connectivity index (χ1v) is 10.2. The van der Waals surface area contributed by atoms with Crippen LogP contribution in [0.4, 0.5) is 4.79 Å². The van der Waals surface area contributed by atoms with Crippen LogP contribution < -0.4 is 18.9 Å². The number of carbonyl (C=O) groups excluding carboxylic acids is 1. The smallest absolute Gasteiger partial charge is 0.504 e. The third-order valence-corrected chi connectivity index (χ3v) is 5.09. The van der Waals surface area contributed by atoms with Crippen LogP contribution in [-0.2, 0) is 12.8 Å². The molecular formula is C25H22O9. The number of hydrogen-bond donors (Lipinski definition) is 2. The van der Waals surface area contributed by atoms with E-state index in [1.165, 1.54) is 51.0 Å². The van der Waals surface area contributed by atoms with Gasteiger partial charge in [-0.3, -0.25) is 0 Å². The third kappa shape index (κ3) is 4.78. The van der Waals surface area contributed by atoms with Crippen molar-refractivity contribution in [3.8, 4) is 34.5 Å². The van der Waals surface area contributed by atoms with E-state index in [0.29, 0.717) is 11.5 Å². The Kier molecular flexibility index (Phi) is 6.63. The number of phenolic OH excluding ortho intramolecular Hbond substituents is 2. The van der Waals surface area contributed by atoms with Crippen LogP contribution in [0.25, 0.3) is 0 Å². The molecule has 34 heavy (non-hydrogen) atoms. The van der Waals surface area contributed by atoms with Crippen LogP contribution in [0, 0.1) is 0 Å². The number of carbonyl (C=O) groups is 1. The zero-order valence-corrected chi connectivity index (χ0v) is 18.4. The van der Waals surface area contributed by atoms with Crippen LogP contribution in [0.15, 0.2) is 69.9 Å². The summed E-state index contributed by atoms with van der Waals surface area (Å²) in [7, 11) is 2.83. The number of phenols is 2. The third-order valence-electron chi connectivity index (χ3n) is 5.09. The first kappa shape index (κ1) is 22.7. The van der Waals surface area contributed by atoms with Crippen LogP contribution in [0.2, 0.25) is 0 Å². The molecule has 4 aromatic rings. The van der Waals surface area contributed by atoms with Crippen molar-refractivity contribution in [3.05, 3.63) is 83.7 Å². The van der Waals surface area contributed by atoms with Crippen LogP contribution >= 0.6 is 0 Å². The van der Waals surface area contributed by atoms with Gasteiger partial charge in [-0.1, -0.05) is 0 Å². The number of rotatable bonds is 8. The second-order valence-electron chi connectivity index (χ2n) is 7.15. The lowest BCUT2D eigenvalue weighted by Gasteiger charge is -2.15. The summed E-state index contributed by atoms with van der Waals surface area (Å²) in [4.78, 5) is 12.7. The van der Waals surface area contributed by atoms with Gasteiger partial charge in [0.15, 0.2) is 23.0 Å². The highest BCUT2D eigenvalue weighted by atomic mass is 16.7. The standard InChI is InChI=1S/C25H22O9/c1-29-21-9-7-19(17(23(21)26)13-15-5-3-11-31-15)33-25(28)34-20-8-10-22(30-2)24(27)18(20)14-16-6-4-12-32-16/h3-12,26-27H,13-14H2,1-2H3. The van der Waals surface area contributed by atoms with Crippen molar-refractivity contribution in [2.24, 2.45) is 0 Å². The molecule has 4 rings (SSSR count). The maximum Gasteiger partial charge on any atom is 0.519 e. The van der Waals surface area contributed by atoms with Crippen LogP contribution in [0.1, 0.15) is 22.6 Å². The minimum atomic E-state index is -1.07. The molecule has 2 N–H and O–H groups in total. The summed E-state index contributed by atoms with van der Waals surface area (Å²) in [6.07, 6.45) is 2.21. The molecule has 0 atom stereocenters. The molecule has 0 saturated carbocycles. The Morgan fingerprint density at radius 2 is 1.12 bits per heavy atom. The molecule has 0 fully saturated rings. The fourth-order valence-electron chi connectivity index (χ4n) is 3.43. The summed E-state index contributed by atoms with van der Waals surface area (Å²) in [6.45, 7) is 0. The molecule has 0 unspecified atom stereocenters. The summed E-state index contributed by atoms with van der Waals surface area (Å²) in [5, 5.41) is 21.2. The molecule has 2 aromatic carbocycles. The van der Waals surface area contributed by atoms with E-state index >= 15 is 0 Å². The van der Waals surface area contributed by atoms with Gasteiger partial charge in [-0.25, -0.2) is 4.79 Å². The highest BCUT2D eigenvalue weighted by molar-refractivity contribution is 5.70. The van der Waals surface area contributed by atoms with Crippen molar-refractivity contribution in [1.82, 2.24) is 0 Å². The summed E-state index contributed by atoms with van der Waals surface area (Å²) < 4.78 is 31.8. The Hall–Kier alpha value is -4.53. The molecule has 176 valence electrons. The Morgan fingerprint density at radius 3 is 1.47 bits per heavy atom. The summed E-state index contributed by atoms with van der Waals surface area (Å²) in [5.74, 6) is 1.25. The fraction of sp³-hybridized carbons (Fsp3) is 0.160. The molecule has 0 amide bonds. The monoisotopic (exact) mass is 466 g/mol. The maximum absolute atomic E-state index is 12.7. The van der Waals surface area contributed by atoms with Gasteiger partial charge < -0.3 is 38.0 Å². The summed E-state index contributed by atoms with van der Waals surface area (Å²) in [6, 6.07) is 12.7. The van der Waals surface area contributed by atoms with E-state index in [4.69, 9.17) is 27.8 Å². The van der Waals surface area contributed by atoms with Gasteiger partial charge in [-0.05, 0) is 48.5 Å². The van der Waals surface area contributed by atoms with Gasteiger partial charge in [-0.15, -0.1) is 0 Å². The van der Waals surface area contributed by atoms with Crippen molar-refractivity contribution in [1.29, 1.82) is 0 Å². The number of aromatic hydroxyl groups is 2. The average molecular weight is 466 g/mol. The number of hydrogen-bond acceptors (Lipinski definition) is 9. The summed E-state index contributed by atoms with van der Waals surface area (Å²) in [5.41, 5.74) is 0.555. The van der Waals surface area contributed by atoms with Crippen molar-refractivity contribution in [3.63, 3.8) is 0 Å². The van der Waals surface area contributed by atoms with Crippen molar-refractivity contribution >= 4 is 6.16 Å². The topological polar surface area (TPSA) is 121 Å². The van der Waals surface area contributed by atoms with E-state index in [2.05, 4.69) is 0 Å². The maximum atomic E-state index is 12.7. The molecule has 2 aromatic heterocycles. The zero-order chi connectivity index (χ0) is 24.1. The zero-order valence-electron chi connectivity index (χ0n) is 18.4. The normalized spacial score (nSPS) is 10.6. The lowest BCUT2D eigenvalue weighted by Crippen LogP contribution is -2.16. The summed E-state index contributed by atoms with van der Waals surface area (Å²) >= 11 is 0. The van der Waals surface area contributed by atoms with Crippen molar-refractivity contribution < 1.29 is 42.8 Å². The number of benzene rings is 2. The molecule has 0 bridgehead atoms. The number of furan rings is 2. The SMILES string of the molecule is COc1ccc(OC(=O)Oc2ccc(OC)c(O)c2Cc2ccco2)c(Cc2ccco2)c1O. The Labute approximate surface area is 194 Å². The molecule has 9 nitrogen and oxygen atoms in total. The predicted octanol–water partition coefficient (Wildman–Crippen LogP) is 5.06. The molecule has 0 spiro atoms. The van der Waals surface area contributed by atoms with Gasteiger partial charge in [0.25, 0.3) is 0 Å². The molecule has 0 aliphatic rings. The largest absolute Gasteiger partial charge is 0.519 e. The predicted molar refractivity (Wildman–Crippen MR) is 119 cm³/mol. The first-order valence-electron chi connectivity index (χ1n) is 10.2. The fourth-order valence-corrected chi connectivity index (χ4v) is 3.43. The Morgan fingerprint density at radius 1 is 0.706 bits per heavy atom. The molecule has 9 heteroatoms. The van der Waals surface area contributed by atoms with E-state index in [-0.39, 0.29) is 58.5 Å². The van der Waals surface area contributed by atoms with E-state index in [0.717, 1.165) is 0 Å². The highest BCUT2D eigenvalue weighted by Gasteiger charge is 2.22. The molecule has 0 aliphatic heterocycles. The van der Waals surface area contributed by atoms with Gasteiger partial charge in [0.1, 0.15) is 23.0 Å². The van der Waals surface area contributed by atoms with Crippen molar-refractivity contribution in [2.45, 2.75) is 12.8 Å². The van der Waals surface area contributed by atoms with Gasteiger partial charge in [0, 0.05) is 24.0 Å². The Balaban J connectivity index is 1.61. The van der Waals surface area contributed by atoms with E-state index in [1.807, 2.05) is 0 Å². The van der Waals surface area contributed by atoms with Gasteiger partial charge in [0.2, 0.25) is 0 Å². The van der Waals surface area contributed by atoms with Crippen molar-refractivity contribution in [2.75, 3.05) is 14.2 Å². The second-order valence-corrected chi connectivity index (χ2v) is 7.15. The molecule has 0 aliphatic carbocycles. The minimum absolute atomic E-state index is 0.0602. The van der Waals surface area contributed by atoms with E-state index < -0.39 is 6.16 Å². The van der Waals surface area contributed by atoms with Crippen LogP contribution in [0.3, 0.4) is 0 Å². The van der Waals surface area contributed by atoms with E-state index in [1.54, 1.807) is 24.3 Å². The minimum Gasteiger partial charge on any atom is -0.504 e. The molecular weight excluding hydrogens is 444 g/mol. The molecule has 2 heterocycles. The van der Waals surface area contributed by atoms with Gasteiger partial charge in [0.05, 0.1) is 26.7 Å². The molecule has 0 radical (unpaired) electrons. The number of ether oxygens (including phenoxy) is 4. The first-order chi connectivity index (χ1) is 16.5. The van der Waals surface area contributed by atoms with Gasteiger partial charge in [-0.2, -0.15) is 0 Å². The number of methoxy groups -OCH3 is 2. The van der Waals surface area contributed by atoms with Crippen LogP contribution in [-0.4, -0.2) is 30.6 Å². The average Bonchev–Trinajstić information content (AvgIpc) is 3.53. The lowest BCUT2D eigenvalue weighted by molar-refractivity contribution is 0.150. The second kappa shape index (κ2) is 9.95. The Bertz CT molecular complexity index is 1160. The quantitative estimate of drug-likeness (QED) is 0.271. The highest BCUT2D eigenvalue weighted by Crippen LogP contribution is 2.40. The van der Waals surface area contributed by atoms with Crippen LogP contribution in [0.5, 0.6) is 34.5 Å². The van der Waals surface area contributed by atoms with Gasteiger partial charge >= 0.3 is 6.16 Å².